The minimum Gasteiger partial charge on any atom is -0.351 e. The Hall–Kier alpha value is -2.50. The molecule has 0 saturated heterocycles. The molecular formula is C16H18F2N2O2. The molecule has 2 amide bonds. The van der Waals surface area contributed by atoms with E-state index < -0.39 is 17.5 Å². The average Bonchev–Trinajstić information content (AvgIpc) is 2.46. The van der Waals surface area contributed by atoms with E-state index in [-0.39, 0.29) is 24.4 Å². The third-order valence-corrected chi connectivity index (χ3v) is 2.85. The molecule has 118 valence electrons. The van der Waals surface area contributed by atoms with E-state index in [0.29, 0.717) is 19.2 Å². The van der Waals surface area contributed by atoms with E-state index in [9.17, 15) is 18.4 Å². The van der Waals surface area contributed by atoms with Gasteiger partial charge in [-0.1, -0.05) is 12.2 Å². The summed E-state index contributed by atoms with van der Waals surface area (Å²) in [6.07, 6.45) is 3.25. The Labute approximate surface area is 128 Å². The topological polar surface area (TPSA) is 49.4 Å². The first-order valence-electron chi connectivity index (χ1n) is 6.72. The van der Waals surface area contributed by atoms with Gasteiger partial charge in [-0.05, 0) is 12.1 Å². The SMILES string of the molecule is C=CCN(CC=C)C(=O)CCNC(=O)c1ccc(F)cc1F. The Bertz CT molecular complexity index is 563. The number of amides is 2. The number of halogens is 2. The van der Waals surface area contributed by atoms with Crippen molar-refractivity contribution >= 4 is 11.8 Å². The fourth-order valence-electron chi connectivity index (χ4n) is 1.80. The summed E-state index contributed by atoms with van der Waals surface area (Å²) >= 11 is 0. The highest BCUT2D eigenvalue weighted by atomic mass is 19.1. The van der Waals surface area contributed by atoms with Gasteiger partial charge < -0.3 is 10.2 Å². The second kappa shape index (κ2) is 8.71. The van der Waals surface area contributed by atoms with E-state index in [1.165, 1.54) is 4.90 Å². The van der Waals surface area contributed by atoms with E-state index in [0.717, 1.165) is 12.1 Å². The third-order valence-electron chi connectivity index (χ3n) is 2.85. The summed E-state index contributed by atoms with van der Waals surface area (Å²) in [5, 5.41) is 2.43. The first-order chi connectivity index (χ1) is 10.5. The highest BCUT2D eigenvalue weighted by Crippen LogP contribution is 2.09. The van der Waals surface area contributed by atoms with Crippen molar-refractivity contribution in [2.45, 2.75) is 6.42 Å². The zero-order valence-corrected chi connectivity index (χ0v) is 12.1. The first-order valence-corrected chi connectivity index (χ1v) is 6.72. The Morgan fingerprint density at radius 2 is 1.82 bits per heavy atom. The number of hydrogen-bond donors (Lipinski definition) is 1. The van der Waals surface area contributed by atoms with Crippen LogP contribution in [0.4, 0.5) is 8.78 Å². The third kappa shape index (κ3) is 5.12. The smallest absolute Gasteiger partial charge is 0.254 e. The molecule has 0 bridgehead atoms. The average molecular weight is 308 g/mol. The van der Waals surface area contributed by atoms with Gasteiger partial charge in [-0.15, -0.1) is 13.2 Å². The predicted octanol–water partition coefficient (Wildman–Crippen LogP) is 2.29. The van der Waals surface area contributed by atoms with Crippen LogP contribution < -0.4 is 5.32 Å². The summed E-state index contributed by atoms with van der Waals surface area (Å²) in [5.41, 5.74) is -0.261. The monoisotopic (exact) mass is 308 g/mol. The maximum Gasteiger partial charge on any atom is 0.254 e. The zero-order valence-electron chi connectivity index (χ0n) is 12.1. The lowest BCUT2D eigenvalue weighted by atomic mass is 10.2. The van der Waals surface area contributed by atoms with Crippen molar-refractivity contribution in [2.75, 3.05) is 19.6 Å². The maximum atomic E-state index is 13.4. The molecule has 0 radical (unpaired) electrons. The van der Waals surface area contributed by atoms with E-state index >= 15 is 0 Å². The van der Waals surface area contributed by atoms with Gasteiger partial charge in [-0.3, -0.25) is 9.59 Å². The largest absolute Gasteiger partial charge is 0.351 e. The van der Waals surface area contributed by atoms with Crippen molar-refractivity contribution in [3.8, 4) is 0 Å². The molecule has 0 saturated carbocycles. The number of nitrogens with one attached hydrogen (secondary N) is 1. The number of carbonyl (C=O) groups excluding carboxylic acids is 2. The summed E-state index contributed by atoms with van der Waals surface area (Å²) in [6, 6.07) is 2.69. The molecule has 0 aliphatic heterocycles. The van der Waals surface area contributed by atoms with Crippen LogP contribution in [0.5, 0.6) is 0 Å². The molecule has 1 aromatic carbocycles. The summed E-state index contributed by atoms with van der Waals surface area (Å²) in [7, 11) is 0. The van der Waals surface area contributed by atoms with Gasteiger partial charge in [0, 0.05) is 32.1 Å². The molecular weight excluding hydrogens is 290 g/mol. The van der Waals surface area contributed by atoms with Crippen molar-refractivity contribution in [2.24, 2.45) is 0 Å². The van der Waals surface area contributed by atoms with Gasteiger partial charge in [0.05, 0.1) is 5.56 Å². The highest BCUT2D eigenvalue weighted by molar-refractivity contribution is 5.94. The van der Waals surface area contributed by atoms with E-state index in [4.69, 9.17) is 0 Å². The number of carbonyl (C=O) groups is 2. The van der Waals surface area contributed by atoms with E-state index in [1.54, 1.807) is 12.2 Å². The second-order valence-corrected chi connectivity index (χ2v) is 4.51. The van der Waals surface area contributed by atoms with E-state index in [2.05, 4.69) is 18.5 Å². The molecule has 1 rings (SSSR count). The molecule has 0 spiro atoms. The molecule has 1 N–H and O–H groups in total. The second-order valence-electron chi connectivity index (χ2n) is 4.51. The van der Waals surface area contributed by atoms with Crippen LogP contribution >= 0.6 is 0 Å². The van der Waals surface area contributed by atoms with Crippen LogP contribution in [0.25, 0.3) is 0 Å². The van der Waals surface area contributed by atoms with E-state index in [1.807, 2.05) is 0 Å². The standard InChI is InChI=1S/C16H18F2N2O2/c1-3-9-20(10-4-2)15(21)7-8-19-16(22)13-6-5-12(17)11-14(13)18/h3-6,11H,1-2,7-10H2,(H,19,22). The lowest BCUT2D eigenvalue weighted by Gasteiger charge is -2.19. The van der Waals surface area contributed by atoms with Crippen LogP contribution in [-0.2, 0) is 4.79 Å². The number of rotatable bonds is 8. The summed E-state index contributed by atoms with van der Waals surface area (Å²) < 4.78 is 26.2. The minimum atomic E-state index is -0.941. The van der Waals surface area contributed by atoms with Crippen LogP contribution in [0, 0.1) is 11.6 Å². The molecule has 0 aliphatic carbocycles. The van der Waals surface area contributed by atoms with Gasteiger partial charge in [-0.25, -0.2) is 8.78 Å². The fraction of sp³-hybridized carbons (Fsp3) is 0.250. The van der Waals surface area contributed by atoms with Gasteiger partial charge in [0.15, 0.2) is 0 Å². The van der Waals surface area contributed by atoms with Crippen LogP contribution in [0.3, 0.4) is 0 Å². The molecule has 1 aromatic rings. The number of hydrogen-bond acceptors (Lipinski definition) is 2. The van der Waals surface area contributed by atoms with Crippen molar-refractivity contribution in [1.29, 1.82) is 0 Å². The van der Waals surface area contributed by atoms with Gasteiger partial charge in [-0.2, -0.15) is 0 Å². The molecule has 0 aromatic heterocycles. The molecule has 0 aliphatic rings. The minimum absolute atomic E-state index is 0.0548. The van der Waals surface area contributed by atoms with Crippen LogP contribution in [0.2, 0.25) is 0 Å². The van der Waals surface area contributed by atoms with Gasteiger partial charge >= 0.3 is 0 Å². The highest BCUT2D eigenvalue weighted by Gasteiger charge is 2.14. The molecule has 0 fully saturated rings. The summed E-state index contributed by atoms with van der Waals surface area (Å²) in [6.45, 7) is 7.94. The fourth-order valence-corrected chi connectivity index (χ4v) is 1.80. The number of nitrogens with zero attached hydrogens (tertiary/aromatic N) is 1. The Kier molecular flexibility index (Phi) is 6.95. The maximum absolute atomic E-state index is 13.4. The molecule has 0 heterocycles. The van der Waals surface area contributed by atoms with Crippen molar-refractivity contribution in [3.05, 3.63) is 60.7 Å². The van der Waals surface area contributed by atoms with Gasteiger partial charge in [0.25, 0.3) is 5.91 Å². The summed E-state index contributed by atoms with van der Waals surface area (Å²) in [5.74, 6) is -2.57. The molecule has 0 unspecified atom stereocenters. The quantitative estimate of drug-likeness (QED) is 0.749. The zero-order chi connectivity index (χ0) is 16.5. The lowest BCUT2D eigenvalue weighted by Crippen LogP contribution is -2.35. The summed E-state index contributed by atoms with van der Waals surface area (Å²) in [4.78, 5) is 25.2. The molecule has 22 heavy (non-hydrogen) atoms. The van der Waals surface area contributed by atoms with Crippen molar-refractivity contribution in [1.82, 2.24) is 10.2 Å². The molecule has 6 heteroatoms. The Balaban J connectivity index is 2.52. The first kappa shape index (κ1) is 17.6. The molecule has 4 nitrogen and oxygen atoms in total. The van der Waals surface area contributed by atoms with Crippen LogP contribution in [0.15, 0.2) is 43.5 Å². The Morgan fingerprint density at radius 3 is 2.36 bits per heavy atom. The van der Waals surface area contributed by atoms with Crippen molar-refractivity contribution in [3.63, 3.8) is 0 Å². The van der Waals surface area contributed by atoms with Gasteiger partial charge in [0.2, 0.25) is 5.91 Å². The van der Waals surface area contributed by atoms with Gasteiger partial charge in [0.1, 0.15) is 11.6 Å². The number of benzene rings is 1. The van der Waals surface area contributed by atoms with Crippen molar-refractivity contribution < 1.29 is 18.4 Å². The Morgan fingerprint density at radius 1 is 1.18 bits per heavy atom. The normalized spacial score (nSPS) is 9.91. The van der Waals surface area contributed by atoms with Crippen LogP contribution in [0.1, 0.15) is 16.8 Å². The van der Waals surface area contributed by atoms with Crippen LogP contribution in [-0.4, -0.2) is 36.3 Å². The molecule has 0 atom stereocenters. The predicted molar refractivity (Wildman–Crippen MR) is 80.3 cm³/mol. The lowest BCUT2D eigenvalue weighted by molar-refractivity contribution is -0.130.